The molecule has 0 spiro atoms. The van der Waals surface area contributed by atoms with Gasteiger partial charge in [-0.1, -0.05) is 41.9 Å². The van der Waals surface area contributed by atoms with E-state index >= 15 is 0 Å². The van der Waals surface area contributed by atoms with Crippen molar-refractivity contribution < 1.29 is 21.2 Å². The highest BCUT2D eigenvalue weighted by molar-refractivity contribution is 6.30. The maximum atomic E-state index is 5.85. The van der Waals surface area contributed by atoms with E-state index in [1.807, 2.05) is 12.1 Å². The molecule has 18 heavy (non-hydrogen) atoms. The fourth-order valence-electron chi connectivity index (χ4n) is 1.57. The lowest BCUT2D eigenvalue weighted by atomic mass is 10.1. The fraction of sp³-hybridized carbons (Fsp3) is 0.125. The first kappa shape index (κ1) is 13.6. The predicted molar refractivity (Wildman–Crippen MR) is 74.1 cm³/mol. The molecule has 92 valence electrons. The quantitative estimate of drug-likeness (QED) is 0.705. The molecule has 0 nitrogen and oxygen atoms in total. The molecule has 0 aromatic heterocycles. The minimum Gasteiger partial charge on any atom is -0.0843 e. The second-order valence-corrected chi connectivity index (χ2v) is 6.96. The molecule has 0 aliphatic rings. The molecule has 0 bridgehead atoms. The van der Waals surface area contributed by atoms with Crippen molar-refractivity contribution in [3.63, 3.8) is 0 Å². The Kier molecular flexibility index (Phi) is 5.75. The second-order valence-electron chi connectivity index (χ2n) is 3.93. The smallest absolute Gasteiger partial charge is 0.0843 e. The molecule has 0 radical (unpaired) electrons. The van der Waals surface area contributed by atoms with Gasteiger partial charge in [0.25, 0.3) is 0 Å². The molecular weight excluding hydrogens is 355 g/mol. The zero-order valence-corrected chi connectivity index (χ0v) is 12.9. The molecule has 2 aromatic rings. The average Bonchev–Trinajstić information content (AvgIpc) is 2.42. The van der Waals surface area contributed by atoms with Crippen LogP contribution in [0.1, 0.15) is 12.0 Å². The highest BCUT2D eigenvalue weighted by atomic mass is 127. The van der Waals surface area contributed by atoms with Crippen molar-refractivity contribution >= 4 is 11.6 Å². The molecule has 2 aromatic carbocycles. The Balaban J connectivity index is 1.74. The highest BCUT2D eigenvalue weighted by Crippen LogP contribution is 2.10. The van der Waals surface area contributed by atoms with Crippen LogP contribution in [-0.4, -0.2) is 0 Å². The summed E-state index contributed by atoms with van der Waals surface area (Å²) in [4.78, 5) is 0. The molecular formula is C16H15ClI+. The van der Waals surface area contributed by atoms with E-state index in [4.69, 9.17) is 11.6 Å². The van der Waals surface area contributed by atoms with Gasteiger partial charge in [-0.2, -0.15) is 0 Å². The normalized spacial score (nSPS) is 10.9. The van der Waals surface area contributed by atoms with Gasteiger partial charge in [-0.15, -0.1) is 0 Å². The number of benzene rings is 2. The second kappa shape index (κ2) is 7.59. The van der Waals surface area contributed by atoms with E-state index < -0.39 is 0 Å². The molecule has 2 heteroatoms. The van der Waals surface area contributed by atoms with Gasteiger partial charge in [0.15, 0.2) is 7.65 Å². The van der Waals surface area contributed by atoms with Crippen molar-refractivity contribution in [2.75, 3.05) is 0 Å². The number of hydrogen-bond acceptors (Lipinski definition) is 0. The van der Waals surface area contributed by atoms with E-state index in [1.54, 1.807) is 0 Å². The minimum atomic E-state index is 0.0372. The summed E-state index contributed by atoms with van der Waals surface area (Å²) in [6, 6.07) is 18.8. The van der Waals surface area contributed by atoms with Crippen molar-refractivity contribution in [1.29, 1.82) is 0 Å². The van der Waals surface area contributed by atoms with Crippen molar-refractivity contribution in [3.8, 4) is 0 Å². The van der Waals surface area contributed by atoms with Crippen LogP contribution in [0.2, 0.25) is 5.02 Å². The topological polar surface area (TPSA) is 0 Å². The maximum absolute atomic E-state index is 5.85. The molecule has 0 fully saturated rings. The van der Waals surface area contributed by atoms with Gasteiger partial charge in [0.05, 0.1) is 0 Å². The van der Waals surface area contributed by atoms with Crippen LogP contribution in [-0.2, 0) is 6.42 Å². The highest BCUT2D eigenvalue weighted by Gasteiger charge is 2.04. The minimum absolute atomic E-state index is 0.0372. The van der Waals surface area contributed by atoms with E-state index in [-0.39, 0.29) is 21.2 Å². The maximum Gasteiger partial charge on any atom is 0.349 e. The molecule has 0 heterocycles. The number of rotatable bonds is 5. The molecule has 0 amide bonds. The molecule has 0 N–H and O–H groups in total. The van der Waals surface area contributed by atoms with Crippen LogP contribution in [0.3, 0.4) is 0 Å². The van der Waals surface area contributed by atoms with E-state index in [9.17, 15) is 0 Å². The lowest BCUT2D eigenvalue weighted by Crippen LogP contribution is -3.59. The molecule has 2 rings (SSSR count). The number of allylic oxidation sites excluding steroid dienone is 1. The molecule has 0 aliphatic heterocycles. The Morgan fingerprint density at radius 1 is 0.944 bits per heavy atom. The lowest BCUT2D eigenvalue weighted by molar-refractivity contribution is -0.557. The molecule has 0 saturated heterocycles. The summed E-state index contributed by atoms with van der Waals surface area (Å²) in [5, 5.41) is 0.809. The molecule has 0 aliphatic carbocycles. The number of hydrogen-bond donors (Lipinski definition) is 0. The van der Waals surface area contributed by atoms with E-state index in [1.165, 1.54) is 9.13 Å². The SMILES string of the molecule is Clc1ccc(CC/C=C/[I+]c2ccccc2)cc1. The Hall–Kier alpha value is -0.800. The third-order valence-electron chi connectivity index (χ3n) is 2.52. The lowest BCUT2D eigenvalue weighted by Gasteiger charge is -1.96. The first-order valence-corrected chi connectivity index (χ1v) is 8.63. The zero-order valence-electron chi connectivity index (χ0n) is 10.0. The summed E-state index contributed by atoms with van der Waals surface area (Å²) in [5.41, 5.74) is 1.35. The Morgan fingerprint density at radius 2 is 1.67 bits per heavy atom. The summed E-state index contributed by atoms with van der Waals surface area (Å²) in [6.45, 7) is 0. The van der Waals surface area contributed by atoms with E-state index in [0.29, 0.717) is 0 Å². The van der Waals surface area contributed by atoms with Crippen molar-refractivity contribution in [3.05, 3.63) is 78.9 Å². The van der Waals surface area contributed by atoms with Crippen LogP contribution in [0.4, 0.5) is 0 Å². The molecule has 0 atom stereocenters. The third kappa shape index (κ3) is 4.83. The first-order chi connectivity index (χ1) is 8.84. The standard InChI is InChI=1S/C16H15ClI/c17-15-11-9-14(10-12-15)6-4-5-13-18-16-7-2-1-3-8-16/h1-3,5,7-13H,4,6H2/q+1/b13-5+. The van der Waals surface area contributed by atoms with Crippen LogP contribution in [0, 0.1) is 3.57 Å². The van der Waals surface area contributed by atoms with Crippen LogP contribution < -0.4 is 21.2 Å². The number of halogens is 2. The van der Waals surface area contributed by atoms with Crippen molar-refractivity contribution in [1.82, 2.24) is 0 Å². The Morgan fingerprint density at radius 3 is 2.39 bits per heavy atom. The van der Waals surface area contributed by atoms with Crippen LogP contribution in [0.25, 0.3) is 0 Å². The summed E-state index contributed by atoms with van der Waals surface area (Å²) < 4.78 is 3.82. The summed E-state index contributed by atoms with van der Waals surface area (Å²) in [5.74, 6) is 0. The zero-order chi connectivity index (χ0) is 12.6. The summed E-state index contributed by atoms with van der Waals surface area (Å²) >= 11 is 5.89. The molecule has 0 saturated carbocycles. The largest absolute Gasteiger partial charge is 0.349 e. The van der Waals surface area contributed by atoms with Gasteiger partial charge < -0.3 is 0 Å². The number of aryl methyl sites for hydroxylation is 1. The first-order valence-electron chi connectivity index (χ1n) is 5.92. The van der Waals surface area contributed by atoms with Gasteiger partial charge in [-0.05, 0) is 48.7 Å². The van der Waals surface area contributed by atoms with Crippen LogP contribution in [0.15, 0.2) is 64.8 Å². The van der Waals surface area contributed by atoms with Gasteiger partial charge in [0.2, 0.25) is 0 Å². The monoisotopic (exact) mass is 369 g/mol. The Bertz CT molecular complexity index is 488. The van der Waals surface area contributed by atoms with Gasteiger partial charge in [-0.3, -0.25) is 0 Å². The van der Waals surface area contributed by atoms with Gasteiger partial charge in [0, 0.05) is 5.02 Å². The van der Waals surface area contributed by atoms with Gasteiger partial charge in [-0.25, -0.2) is 0 Å². The van der Waals surface area contributed by atoms with E-state index in [0.717, 1.165) is 17.9 Å². The Labute approximate surface area is 124 Å². The molecule has 0 unspecified atom stereocenters. The van der Waals surface area contributed by atoms with Gasteiger partial charge >= 0.3 is 21.2 Å². The van der Waals surface area contributed by atoms with Crippen molar-refractivity contribution in [2.24, 2.45) is 0 Å². The predicted octanol–water partition coefficient (Wildman–Crippen LogP) is 1.75. The van der Waals surface area contributed by atoms with Crippen molar-refractivity contribution in [2.45, 2.75) is 12.8 Å². The third-order valence-corrected chi connectivity index (χ3v) is 5.08. The fourth-order valence-corrected chi connectivity index (χ4v) is 3.55. The average molecular weight is 370 g/mol. The van der Waals surface area contributed by atoms with E-state index in [2.05, 4.69) is 52.6 Å². The van der Waals surface area contributed by atoms with Crippen LogP contribution >= 0.6 is 11.6 Å². The summed E-state index contributed by atoms with van der Waals surface area (Å²) in [6.07, 6.45) is 4.50. The van der Waals surface area contributed by atoms with Gasteiger partial charge in [0.1, 0.15) is 0 Å². The summed E-state index contributed by atoms with van der Waals surface area (Å²) in [7, 11) is 0. The van der Waals surface area contributed by atoms with Crippen LogP contribution in [0.5, 0.6) is 0 Å².